The van der Waals surface area contributed by atoms with Gasteiger partial charge in [-0.2, -0.15) is 13.2 Å². The lowest BCUT2D eigenvalue weighted by Crippen LogP contribution is -2.40. The van der Waals surface area contributed by atoms with Crippen LogP contribution < -0.4 is 0 Å². The van der Waals surface area contributed by atoms with Gasteiger partial charge < -0.3 is 9.32 Å². The topological polar surface area (TPSA) is 59.2 Å². The van der Waals surface area contributed by atoms with Gasteiger partial charge in [0, 0.05) is 28.8 Å². The first-order chi connectivity index (χ1) is 16.2. The SMILES string of the molecule is CC(C)Sc1ccc(CC(=O)N2CCCC(c3nnc(-c4ccc(C(F)(F)F)cc4)o3)C2)cc1. The van der Waals surface area contributed by atoms with Gasteiger partial charge in [0.05, 0.1) is 17.9 Å². The summed E-state index contributed by atoms with van der Waals surface area (Å²) in [5, 5.41) is 8.64. The van der Waals surface area contributed by atoms with Crippen molar-refractivity contribution in [3.63, 3.8) is 0 Å². The first-order valence-electron chi connectivity index (χ1n) is 11.2. The Balaban J connectivity index is 1.38. The van der Waals surface area contributed by atoms with Gasteiger partial charge in [0.25, 0.3) is 0 Å². The number of hydrogen-bond acceptors (Lipinski definition) is 5. The van der Waals surface area contributed by atoms with E-state index in [-0.39, 0.29) is 17.7 Å². The number of carbonyl (C=O) groups is 1. The lowest BCUT2D eigenvalue weighted by Gasteiger charge is -2.31. The Hall–Kier alpha value is -2.81. The minimum Gasteiger partial charge on any atom is -0.420 e. The van der Waals surface area contributed by atoms with Crippen LogP contribution in [0.5, 0.6) is 0 Å². The van der Waals surface area contributed by atoms with Crippen LogP contribution in [0.2, 0.25) is 0 Å². The molecule has 1 fully saturated rings. The Morgan fingerprint density at radius 1 is 1.12 bits per heavy atom. The van der Waals surface area contributed by atoms with E-state index in [9.17, 15) is 18.0 Å². The standard InChI is InChI=1S/C25H26F3N3O2S/c1-16(2)34-21-11-5-17(6-12-21)14-22(32)31-13-3-4-19(15-31)24-30-29-23(33-24)18-7-9-20(10-8-18)25(26,27)28/h5-12,16,19H,3-4,13-15H2,1-2H3. The van der Waals surface area contributed by atoms with Gasteiger partial charge in [-0.25, -0.2) is 0 Å². The third-order valence-electron chi connectivity index (χ3n) is 5.67. The number of rotatable bonds is 6. The molecule has 0 radical (unpaired) electrons. The Morgan fingerprint density at radius 3 is 2.47 bits per heavy atom. The third-order valence-corrected chi connectivity index (χ3v) is 6.69. The van der Waals surface area contributed by atoms with Crippen LogP contribution in [0.4, 0.5) is 13.2 Å². The Bertz CT molecular complexity index is 1110. The van der Waals surface area contributed by atoms with Gasteiger partial charge in [-0.15, -0.1) is 22.0 Å². The number of halogens is 3. The van der Waals surface area contributed by atoms with Crippen LogP contribution in [0, 0.1) is 0 Å². The minimum atomic E-state index is -4.40. The van der Waals surface area contributed by atoms with Crippen molar-refractivity contribution in [1.29, 1.82) is 0 Å². The van der Waals surface area contributed by atoms with E-state index in [4.69, 9.17) is 4.42 Å². The van der Waals surface area contributed by atoms with Crippen molar-refractivity contribution < 1.29 is 22.4 Å². The number of piperidine rings is 1. The average Bonchev–Trinajstić information content (AvgIpc) is 3.30. The summed E-state index contributed by atoms with van der Waals surface area (Å²) in [6, 6.07) is 12.7. The number of nitrogens with zero attached hydrogens (tertiary/aromatic N) is 3. The normalized spacial score (nSPS) is 16.8. The molecule has 0 N–H and O–H groups in total. The van der Waals surface area contributed by atoms with E-state index in [1.165, 1.54) is 17.0 Å². The molecule has 1 aromatic heterocycles. The van der Waals surface area contributed by atoms with Crippen molar-refractivity contribution in [2.24, 2.45) is 0 Å². The first kappa shape index (κ1) is 24.3. The van der Waals surface area contributed by atoms with Gasteiger partial charge >= 0.3 is 6.18 Å². The summed E-state index contributed by atoms with van der Waals surface area (Å²) < 4.78 is 44.1. The van der Waals surface area contributed by atoms with Gasteiger partial charge in [-0.1, -0.05) is 26.0 Å². The monoisotopic (exact) mass is 489 g/mol. The number of likely N-dealkylation sites (tertiary alicyclic amines) is 1. The fourth-order valence-electron chi connectivity index (χ4n) is 3.97. The fraction of sp³-hybridized carbons (Fsp3) is 0.400. The molecule has 1 amide bonds. The molecule has 0 bridgehead atoms. The maximum Gasteiger partial charge on any atom is 0.416 e. The molecule has 0 spiro atoms. The summed E-state index contributed by atoms with van der Waals surface area (Å²) in [7, 11) is 0. The molecule has 5 nitrogen and oxygen atoms in total. The zero-order valence-corrected chi connectivity index (χ0v) is 19.8. The molecule has 2 heterocycles. The first-order valence-corrected chi connectivity index (χ1v) is 12.1. The predicted molar refractivity (Wildman–Crippen MR) is 124 cm³/mol. The van der Waals surface area contributed by atoms with Crippen molar-refractivity contribution in [3.05, 3.63) is 65.5 Å². The number of alkyl halides is 3. The number of hydrogen-bond donors (Lipinski definition) is 0. The van der Waals surface area contributed by atoms with Gasteiger partial charge in [0.15, 0.2) is 0 Å². The number of aromatic nitrogens is 2. The van der Waals surface area contributed by atoms with Gasteiger partial charge in [0.1, 0.15) is 0 Å². The molecular weight excluding hydrogens is 463 g/mol. The Labute approximate surface area is 200 Å². The van der Waals surface area contributed by atoms with E-state index < -0.39 is 11.7 Å². The average molecular weight is 490 g/mol. The fourth-order valence-corrected chi connectivity index (χ4v) is 4.81. The maximum absolute atomic E-state index is 12.9. The van der Waals surface area contributed by atoms with E-state index in [0.717, 1.165) is 30.5 Å². The molecule has 1 saturated heterocycles. The molecule has 9 heteroatoms. The zero-order valence-electron chi connectivity index (χ0n) is 19.0. The predicted octanol–water partition coefficient (Wildman–Crippen LogP) is 6.20. The molecule has 2 aromatic carbocycles. The van der Waals surface area contributed by atoms with Crippen LogP contribution in [0.1, 0.15) is 49.6 Å². The molecule has 34 heavy (non-hydrogen) atoms. The van der Waals surface area contributed by atoms with Crippen molar-refractivity contribution >= 4 is 17.7 Å². The van der Waals surface area contributed by atoms with Gasteiger partial charge in [-0.3, -0.25) is 4.79 Å². The molecule has 1 aliphatic rings. The molecule has 1 unspecified atom stereocenters. The summed E-state index contributed by atoms with van der Waals surface area (Å²) in [4.78, 5) is 15.9. The van der Waals surface area contributed by atoms with Crippen molar-refractivity contribution in [3.8, 4) is 11.5 Å². The summed E-state index contributed by atoms with van der Waals surface area (Å²) >= 11 is 1.79. The summed E-state index contributed by atoms with van der Waals surface area (Å²) in [6.07, 6.45) is -2.44. The second kappa shape index (κ2) is 10.2. The number of thioether (sulfide) groups is 1. The van der Waals surface area contributed by atoms with Crippen molar-refractivity contribution in [1.82, 2.24) is 15.1 Å². The van der Waals surface area contributed by atoms with Crippen LogP contribution in [0.3, 0.4) is 0 Å². The van der Waals surface area contributed by atoms with Crippen LogP contribution in [-0.4, -0.2) is 39.3 Å². The maximum atomic E-state index is 12.9. The smallest absolute Gasteiger partial charge is 0.416 e. The van der Waals surface area contributed by atoms with Crippen LogP contribution in [-0.2, 0) is 17.4 Å². The summed E-state index contributed by atoms with van der Waals surface area (Å²) in [6.45, 7) is 5.45. The Kier molecular flexibility index (Phi) is 7.30. The molecule has 0 saturated carbocycles. The highest BCUT2D eigenvalue weighted by atomic mass is 32.2. The second-order valence-electron chi connectivity index (χ2n) is 8.69. The summed E-state index contributed by atoms with van der Waals surface area (Å²) in [5.41, 5.74) is 0.669. The largest absolute Gasteiger partial charge is 0.420 e. The second-order valence-corrected chi connectivity index (χ2v) is 10.3. The van der Waals surface area contributed by atoms with E-state index in [0.29, 0.717) is 36.2 Å². The van der Waals surface area contributed by atoms with Crippen molar-refractivity contribution in [2.75, 3.05) is 13.1 Å². The van der Waals surface area contributed by atoms with Gasteiger partial charge in [-0.05, 0) is 54.8 Å². The van der Waals surface area contributed by atoms with Crippen molar-refractivity contribution in [2.45, 2.75) is 55.3 Å². The number of amides is 1. The van der Waals surface area contributed by atoms with E-state index in [1.807, 2.05) is 29.2 Å². The lowest BCUT2D eigenvalue weighted by molar-refractivity contribution is -0.137. The van der Waals surface area contributed by atoms with E-state index in [1.54, 1.807) is 11.8 Å². The highest BCUT2D eigenvalue weighted by Crippen LogP contribution is 2.32. The molecule has 1 atom stereocenters. The van der Waals surface area contributed by atoms with Crippen LogP contribution in [0.25, 0.3) is 11.5 Å². The molecule has 1 aliphatic heterocycles. The zero-order chi connectivity index (χ0) is 24.3. The Morgan fingerprint density at radius 2 is 1.82 bits per heavy atom. The third kappa shape index (κ3) is 6.00. The number of carbonyl (C=O) groups excluding carboxylic acids is 1. The quantitative estimate of drug-likeness (QED) is 0.386. The van der Waals surface area contributed by atoms with Gasteiger partial charge in [0.2, 0.25) is 17.7 Å². The number of benzene rings is 2. The lowest BCUT2D eigenvalue weighted by atomic mass is 9.97. The van der Waals surface area contributed by atoms with E-state index in [2.05, 4.69) is 24.0 Å². The molecule has 4 rings (SSSR count). The minimum absolute atomic E-state index is 0.0523. The molecule has 180 valence electrons. The molecule has 3 aromatic rings. The van der Waals surface area contributed by atoms with Crippen LogP contribution in [0.15, 0.2) is 57.8 Å². The summed E-state index contributed by atoms with van der Waals surface area (Å²) in [5.74, 6) is 0.531. The van der Waals surface area contributed by atoms with Crippen LogP contribution >= 0.6 is 11.8 Å². The molecular formula is C25H26F3N3O2S. The van der Waals surface area contributed by atoms with E-state index >= 15 is 0 Å². The highest BCUT2D eigenvalue weighted by Gasteiger charge is 2.31. The molecule has 0 aliphatic carbocycles. The highest BCUT2D eigenvalue weighted by molar-refractivity contribution is 7.99.